The summed E-state index contributed by atoms with van der Waals surface area (Å²) in [6, 6.07) is 2.07. The number of imidazole rings is 1. The number of anilines is 3. The molecule has 0 amide bonds. The Morgan fingerprint density at radius 1 is 1.17 bits per heavy atom. The quantitative estimate of drug-likeness (QED) is 0.702. The zero-order valence-corrected chi connectivity index (χ0v) is 18.2. The summed E-state index contributed by atoms with van der Waals surface area (Å²) >= 11 is 0. The number of methoxy groups -OCH3 is 1. The zero-order valence-electron chi connectivity index (χ0n) is 18.2. The van der Waals surface area contributed by atoms with Crippen molar-refractivity contribution in [1.82, 2.24) is 24.5 Å². The van der Waals surface area contributed by atoms with Crippen molar-refractivity contribution in [3.63, 3.8) is 0 Å². The first-order chi connectivity index (χ1) is 14.3. The summed E-state index contributed by atoms with van der Waals surface area (Å²) in [7, 11) is 3.66. The first kappa shape index (κ1) is 19.9. The fraction of sp³-hybridized carbons (Fsp3) is 0.429. The molecule has 3 aromatic rings. The van der Waals surface area contributed by atoms with Gasteiger partial charge in [0.05, 0.1) is 36.9 Å². The number of fused-ring (bicyclic) bond motifs is 1. The Labute approximate surface area is 176 Å². The molecule has 0 fully saturated rings. The molecule has 0 aromatic carbocycles. The minimum Gasteiger partial charge on any atom is -0.493 e. The van der Waals surface area contributed by atoms with E-state index < -0.39 is 0 Å². The van der Waals surface area contributed by atoms with Crippen molar-refractivity contribution >= 4 is 17.5 Å². The molecule has 9 heteroatoms. The third-order valence-electron chi connectivity index (χ3n) is 5.20. The van der Waals surface area contributed by atoms with Gasteiger partial charge in [-0.1, -0.05) is 20.8 Å². The molecule has 0 bridgehead atoms. The molecule has 158 valence electrons. The maximum Gasteiger partial charge on any atom is 0.229 e. The second-order valence-corrected chi connectivity index (χ2v) is 8.48. The van der Waals surface area contributed by atoms with E-state index in [1.807, 2.05) is 30.8 Å². The van der Waals surface area contributed by atoms with Gasteiger partial charge < -0.3 is 19.7 Å². The summed E-state index contributed by atoms with van der Waals surface area (Å²) in [4.78, 5) is 20.0. The van der Waals surface area contributed by atoms with Crippen molar-refractivity contribution in [3.05, 3.63) is 36.7 Å². The van der Waals surface area contributed by atoms with Gasteiger partial charge in [0.15, 0.2) is 23.1 Å². The fourth-order valence-corrected chi connectivity index (χ4v) is 3.55. The molecule has 1 atom stereocenters. The fourth-order valence-electron chi connectivity index (χ4n) is 3.55. The van der Waals surface area contributed by atoms with Crippen molar-refractivity contribution in [2.24, 2.45) is 5.41 Å². The molecule has 1 N–H and O–H groups in total. The molecule has 0 saturated carbocycles. The van der Waals surface area contributed by atoms with Gasteiger partial charge >= 0.3 is 0 Å². The first-order valence-corrected chi connectivity index (χ1v) is 9.81. The third kappa shape index (κ3) is 3.74. The Balaban J connectivity index is 1.60. The number of aromatic nitrogens is 5. The molecule has 9 nitrogen and oxygen atoms in total. The Hall–Kier alpha value is -3.36. The normalized spacial score (nSPS) is 16.1. The van der Waals surface area contributed by atoms with Crippen molar-refractivity contribution in [2.75, 3.05) is 31.0 Å². The number of hydrogen-bond acceptors (Lipinski definition) is 8. The van der Waals surface area contributed by atoms with E-state index >= 15 is 0 Å². The number of pyridine rings is 1. The van der Waals surface area contributed by atoms with E-state index in [0.29, 0.717) is 29.9 Å². The third-order valence-corrected chi connectivity index (χ3v) is 5.20. The van der Waals surface area contributed by atoms with Crippen LogP contribution in [0.2, 0.25) is 0 Å². The molecule has 1 aliphatic rings. The van der Waals surface area contributed by atoms with Crippen LogP contribution < -0.4 is 19.7 Å². The van der Waals surface area contributed by atoms with Crippen molar-refractivity contribution in [1.29, 1.82) is 0 Å². The zero-order chi connectivity index (χ0) is 21.5. The molecule has 4 heterocycles. The van der Waals surface area contributed by atoms with E-state index in [0.717, 1.165) is 17.2 Å². The van der Waals surface area contributed by atoms with Crippen LogP contribution in [-0.2, 0) is 0 Å². The lowest BCUT2D eigenvalue weighted by atomic mass is 9.86. The molecule has 30 heavy (non-hydrogen) atoms. The van der Waals surface area contributed by atoms with Crippen LogP contribution in [0.1, 0.15) is 26.5 Å². The maximum atomic E-state index is 5.91. The van der Waals surface area contributed by atoms with Crippen LogP contribution in [-0.4, -0.2) is 51.3 Å². The van der Waals surface area contributed by atoms with Gasteiger partial charge in [-0.25, -0.2) is 15.0 Å². The standard InChI is InChI=1S/C21H27N7O2/c1-13-10-28(12-24-13)18-15(29-6)7-14(8-22-18)25-20-23-9-16-19(26-20)27(5)17(11-30-16)21(2,3)4/h7-10,12,17H,11H2,1-6H3,(H,23,25,26). The van der Waals surface area contributed by atoms with Crippen LogP contribution >= 0.6 is 0 Å². The van der Waals surface area contributed by atoms with Gasteiger partial charge in [0.1, 0.15) is 12.9 Å². The van der Waals surface area contributed by atoms with Crippen LogP contribution in [0.5, 0.6) is 11.5 Å². The maximum absolute atomic E-state index is 5.91. The molecule has 0 radical (unpaired) electrons. The minimum absolute atomic E-state index is 0.0593. The van der Waals surface area contributed by atoms with E-state index in [1.54, 1.807) is 25.8 Å². The minimum atomic E-state index is 0.0593. The number of ether oxygens (including phenoxy) is 2. The van der Waals surface area contributed by atoms with Crippen LogP contribution in [0, 0.1) is 12.3 Å². The van der Waals surface area contributed by atoms with Crippen molar-refractivity contribution in [2.45, 2.75) is 33.7 Å². The predicted octanol–water partition coefficient (Wildman–Crippen LogP) is 3.36. The van der Waals surface area contributed by atoms with E-state index in [1.165, 1.54) is 0 Å². The summed E-state index contributed by atoms with van der Waals surface area (Å²) in [6.07, 6.45) is 7.02. The number of aryl methyl sites for hydroxylation is 1. The molecule has 4 rings (SSSR count). The van der Waals surface area contributed by atoms with E-state index in [-0.39, 0.29) is 11.5 Å². The van der Waals surface area contributed by atoms with Crippen LogP contribution in [0.15, 0.2) is 31.0 Å². The largest absolute Gasteiger partial charge is 0.493 e. The number of rotatable bonds is 4. The van der Waals surface area contributed by atoms with Crippen LogP contribution in [0.3, 0.4) is 0 Å². The number of nitrogens with zero attached hydrogens (tertiary/aromatic N) is 6. The van der Waals surface area contributed by atoms with Crippen LogP contribution in [0.4, 0.5) is 17.5 Å². The highest BCUT2D eigenvalue weighted by atomic mass is 16.5. The molecule has 1 aliphatic heterocycles. The Kier molecular flexibility index (Phi) is 4.97. The smallest absolute Gasteiger partial charge is 0.229 e. The van der Waals surface area contributed by atoms with Gasteiger partial charge in [0, 0.05) is 19.3 Å². The lowest BCUT2D eigenvalue weighted by Crippen LogP contribution is -2.49. The van der Waals surface area contributed by atoms with Gasteiger partial charge in [0.2, 0.25) is 5.95 Å². The van der Waals surface area contributed by atoms with Crippen molar-refractivity contribution < 1.29 is 9.47 Å². The average Bonchev–Trinajstić information content (AvgIpc) is 3.13. The van der Waals surface area contributed by atoms with Gasteiger partial charge in [-0.3, -0.25) is 4.57 Å². The molecular formula is C21H27N7O2. The number of hydrogen-bond donors (Lipinski definition) is 1. The van der Waals surface area contributed by atoms with E-state index in [2.05, 4.69) is 50.9 Å². The van der Waals surface area contributed by atoms with Gasteiger partial charge in [0.25, 0.3) is 0 Å². The lowest BCUT2D eigenvalue weighted by Gasteiger charge is -2.42. The topological polar surface area (TPSA) is 90.2 Å². The van der Waals surface area contributed by atoms with Gasteiger partial charge in [-0.15, -0.1) is 0 Å². The highest BCUT2D eigenvalue weighted by Gasteiger charge is 2.35. The Morgan fingerprint density at radius 2 is 1.97 bits per heavy atom. The number of likely N-dealkylation sites (N-methyl/N-ethyl adjacent to an activating group) is 1. The molecule has 0 saturated heterocycles. The lowest BCUT2D eigenvalue weighted by molar-refractivity contribution is 0.183. The highest BCUT2D eigenvalue weighted by molar-refractivity contribution is 5.62. The highest BCUT2D eigenvalue weighted by Crippen LogP contribution is 2.37. The van der Waals surface area contributed by atoms with Crippen molar-refractivity contribution in [3.8, 4) is 17.3 Å². The predicted molar refractivity (Wildman–Crippen MR) is 115 cm³/mol. The summed E-state index contributed by atoms with van der Waals surface area (Å²) in [5.74, 6) is 3.20. The van der Waals surface area contributed by atoms with Crippen LogP contribution in [0.25, 0.3) is 5.82 Å². The molecule has 0 aliphatic carbocycles. The summed E-state index contributed by atoms with van der Waals surface area (Å²) in [5, 5.41) is 3.21. The van der Waals surface area contributed by atoms with E-state index in [4.69, 9.17) is 9.47 Å². The Bertz CT molecular complexity index is 1060. The number of nitrogens with one attached hydrogen (secondary N) is 1. The summed E-state index contributed by atoms with van der Waals surface area (Å²) in [5.41, 5.74) is 1.69. The SMILES string of the molecule is COc1cc(Nc2ncc3c(n2)N(C)C(C(C)(C)C)CO3)cnc1-n1cnc(C)c1. The summed E-state index contributed by atoms with van der Waals surface area (Å²) in [6.45, 7) is 9.13. The average molecular weight is 409 g/mol. The second kappa shape index (κ2) is 7.47. The molecule has 3 aromatic heterocycles. The molecule has 0 spiro atoms. The van der Waals surface area contributed by atoms with Gasteiger partial charge in [-0.05, 0) is 12.3 Å². The molecule has 1 unspecified atom stereocenters. The van der Waals surface area contributed by atoms with Gasteiger partial charge in [-0.2, -0.15) is 4.98 Å². The first-order valence-electron chi connectivity index (χ1n) is 9.81. The second-order valence-electron chi connectivity index (χ2n) is 8.48. The Morgan fingerprint density at radius 3 is 2.63 bits per heavy atom. The van der Waals surface area contributed by atoms with E-state index in [9.17, 15) is 0 Å². The molecular weight excluding hydrogens is 382 g/mol. The monoisotopic (exact) mass is 409 g/mol. The summed E-state index contributed by atoms with van der Waals surface area (Å²) < 4.78 is 13.3.